The van der Waals surface area contributed by atoms with Crippen molar-refractivity contribution in [1.82, 2.24) is 0 Å². The van der Waals surface area contributed by atoms with Crippen LogP contribution in [0.4, 0.5) is 28.4 Å². The van der Waals surface area contributed by atoms with E-state index >= 15 is 0 Å². The molecule has 0 aromatic heterocycles. The Labute approximate surface area is 217 Å². The summed E-state index contributed by atoms with van der Waals surface area (Å²) in [5.74, 6) is 0. The van der Waals surface area contributed by atoms with E-state index in [-0.39, 0.29) is 6.71 Å². The van der Waals surface area contributed by atoms with Crippen LogP contribution in [0.1, 0.15) is 12.8 Å². The SMILES string of the molecule is C1=CC(N2c3ccccc3B3c4ccccc4N(c4ccccc4)c4c3c2cc2ccccc42)=CCC1. The molecule has 37 heavy (non-hydrogen) atoms. The van der Waals surface area contributed by atoms with Crippen LogP contribution < -0.4 is 26.2 Å². The molecule has 0 N–H and O–H groups in total. The van der Waals surface area contributed by atoms with E-state index in [0.29, 0.717) is 0 Å². The van der Waals surface area contributed by atoms with Gasteiger partial charge in [0.2, 0.25) is 0 Å². The van der Waals surface area contributed by atoms with Gasteiger partial charge in [0.25, 0.3) is 6.71 Å². The fraction of sp³-hybridized carbons (Fsp3) is 0.0588. The van der Waals surface area contributed by atoms with Gasteiger partial charge in [-0.1, -0.05) is 91.0 Å². The smallest absolute Gasteiger partial charge is 0.252 e. The Kier molecular flexibility index (Phi) is 4.47. The highest BCUT2D eigenvalue weighted by Crippen LogP contribution is 2.46. The second-order valence-electron chi connectivity index (χ2n) is 10.0. The van der Waals surface area contributed by atoms with Crippen LogP contribution in [0.5, 0.6) is 0 Å². The summed E-state index contributed by atoms with van der Waals surface area (Å²) in [7, 11) is 0. The Morgan fingerprint density at radius 1 is 0.595 bits per heavy atom. The van der Waals surface area contributed by atoms with E-state index in [0.717, 1.165) is 12.8 Å². The third-order valence-corrected chi connectivity index (χ3v) is 8.02. The standard InChI is InChI=1S/C34H25BN2/c1-3-14-25(15-4-1)36-30-21-11-9-19-28(30)35-29-20-10-12-22-31(29)37(26-16-5-2-6-17-26)34-27-18-8-7-13-24(27)23-32(36)33(34)35/h2-3,5-23H,1,4H2. The maximum absolute atomic E-state index is 2.50. The molecule has 0 fully saturated rings. The summed E-state index contributed by atoms with van der Waals surface area (Å²) in [6.07, 6.45) is 9.18. The van der Waals surface area contributed by atoms with Crippen LogP contribution in [0.25, 0.3) is 10.8 Å². The Morgan fingerprint density at radius 2 is 1.27 bits per heavy atom. The Hall–Kier alpha value is -4.50. The van der Waals surface area contributed by atoms with Crippen molar-refractivity contribution in [2.75, 3.05) is 9.80 Å². The molecule has 0 saturated heterocycles. The van der Waals surface area contributed by atoms with E-state index in [1.165, 1.54) is 61.3 Å². The molecule has 3 aliphatic rings. The first-order valence-corrected chi connectivity index (χ1v) is 13.2. The van der Waals surface area contributed by atoms with Crippen molar-refractivity contribution in [1.29, 1.82) is 0 Å². The van der Waals surface area contributed by atoms with Crippen molar-refractivity contribution in [2.24, 2.45) is 0 Å². The number of benzene rings is 5. The molecule has 2 aliphatic heterocycles. The summed E-state index contributed by atoms with van der Waals surface area (Å²) in [5.41, 5.74) is 11.7. The van der Waals surface area contributed by atoms with Gasteiger partial charge in [-0.25, -0.2) is 0 Å². The van der Waals surface area contributed by atoms with Crippen molar-refractivity contribution < 1.29 is 0 Å². The highest BCUT2D eigenvalue weighted by atomic mass is 15.2. The van der Waals surface area contributed by atoms with Crippen LogP contribution in [-0.2, 0) is 0 Å². The van der Waals surface area contributed by atoms with Gasteiger partial charge in [-0.05, 0) is 71.0 Å². The maximum atomic E-state index is 2.50. The zero-order valence-corrected chi connectivity index (χ0v) is 20.5. The van der Waals surface area contributed by atoms with Gasteiger partial charge < -0.3 is 9.80 Å². The Balaban J connectivity index is 1.55. The highest BCUT2D eigenvalue weighted by Gasteiger charge is 2.43. The molecular weight excluding hydrogens is 447 g/mol. The summed E-state index contributed by atoms with van der Waals surface area (Å²) < 4.78 is 0. The second kappa shape index (κ2) is 8.01. The van der Waals surface area contributed by atoms with Gasteiger partial charge in [0.05, 0.1) is 5.69 Å². The first-order chi connectivity index (χ1) is 18.4. The molecule has 2 heterocycles. The van der Waals surface area contributed by atoms with Crippen molar-refractivity contribution in [3.63, 3.8) is 0 Å². The molecule has 0 radical (unpaired) electrons. The first kappa shape index (κ1) is 20.7. The predicted molar refractivity (Wildman–Crippen MR) is 158 cm³/mol. The second-order valence-corrected chi connectivity index (χ2v) is 10.0. The summed E-state index contributed by atoms with van der Waals surface area (Å²) in [5, 5.41) is 2.55. The minimum Gasteiger partial charge on any atom is -0.312 e. The number of para-hydroxylation sites is 3. The van der Waals surface area contributed by atoms with Crippen molar-refractivity contribution in [3.8, 4) is 0 Å². The van der Waals surface area contributed by atoms with Crippen LogP contribution >= 0.6 is 0 Å². The monoisotopic (exact) mass is 472 g/mol. The van der Waals surface area contributed by atoms with E-state index < -0.39 is 0 Å². The fourth-order valence-corrected chi connectivity index (χ4v) is 6.53. The quantitative estimate of drug-likeness (QED) is 0.255. The lowest BCUT2D eigenvalue weighted by Gasteiger charge is -2.45. The highest BCUT2D eigenvalue weighted by molar-refractivity contribution is 7.00. The first-order valence-electron chi connectivity index (χ1n) is 13.2. The van der Waals surface area contributed by atoms with Crippen LogP contribution in [0.2, 0.25) is 0 Å². The van der Waals surface area contributed by atoms with E-state index in [2.05, 4.69) is 137 Å². The van der Waals surface area contributed by atoms with Crippen LogP contribution in [0.15, 0.2) is 133 Å². The normalized spacial score (nSPS) is 15.2. The minimum atomic E-state index is 0.173. The number of allylic oxidation sites excluding steroid dienone is 3. The van der Waals surface area contributed by atoms with Crippen LogP contribution in [0, 0.1) is 0 Å². The molecule has 0 unspecified atom stereocenters. The van der Waals surface area contributed by atoms with Gasteiger partial charge in [-0.3, -0.25) is 0 Å². The number of nitrogens with zero attached hydrogens (tertiary/aromatic N) is 2. The summed E-state index contributed by atoms with van der Waals surface area (Å²) >= 11 is 0. The molecule has 5 aromatic carbocycles. The number of fused-ring (bicyclic) bond motifs is 6. The number of hydrogen-bond acceptors (Lipinski definition) is 2. The number of rotatable bonds is 2. The van der Waals surface area contributed by atoms with E-state index in [4.69, 9.17) is 0 Å². The Bertz CT molecular complexity index is 1750. The third-order valence-electron chi connectivity index (χ3n) is 8.02. The van der Waals surface area contributed by atoms with Crippen LogP contribution in [-0.4, -0.2) is 6.71 Å². The summed E-state index contributed by atoms with van der Waals surface area (Å²) in [6.45, 7) is 0.173. The lowest BCUT2D eigenvalue weighted by Crippen LogP contribution is -2.61. The molecule has 174 valence electrons. The molecule has 3 heteroatoms. The molecule has 1 aliphatic carbocycles. The van der Waals surface area contributed by atoms with E-state index in [1.54, 1.807) is 0 Å². The number of anilines is 5. The maximum Gasteiger partial charge on any atom is 0.252 e. The molecule has 0 saturated carbocycles. The van der Waals surface area contributed by atoms with Gasteiger partial charge in [-0.2, -0.15) is 0 Å². The molecule has 5 aromatic rings. The average molecular weight is 472 g/mol. The van der Waals surface area contributed by atoms with Gasteiger partial charge in [0.1, 0.15) is 0 Å². The zero-order chi connectivity index (χ0) is 24.3. The van der Waals surface area contributed by atoms with Crippen molar-refractivity contribution in [2.45, 2.75) is 12.8 Å². The zero-order valence-electron chi connectivity index (χ0n) is 20.5. The largest absolute Gasteiger partial charge is 0.312 e. The molecular formula is C34H25BN2. The topological polar surface area (TPSA) is 6.48 Å². The molecule has 2 nitrogen and oxygen atoms in total. The molecule has 0 spiro atoms. The van der Waals surface area contributed by atoms with Gasteiger partial charge in [0.15, 0.2) is 0 Å². The van der Waals surface area contributed by atoms with Crippen molar-refractivity contribution >= 4 is 62.3 Å². The summed E-state index contributed by atoms with van der Waals surface area (Å²) in [6, 6.07) is 40.1. The van der Waals surface area contributed by atoms with Gasteiger partial charge >= 0.3 is 0 Å². The molecule has 0 amide bonds. The fourth-order valence-electron chi connectivity index (χ4n) is 6.53. The van der Waals surface area contributed by atoms with Gasteiger partial charge in [0, 0.05) is 33.8 Å². The Morgan fingerprint density at radius 3 is 2.03 bits per heavy atom. The third kappa shape index (κ3) is 2.94. The lowest BCUT2D eigenvalue weighted by molar-refractivity contribution is 0.998. The minimum absolute atomic E-state index is 0.173. The number of hydrogen-bond donors (Lipinski definition) is 0. The molecule has 0 atom stereocenters. The lowest BCUT2D eigenvalue weighted by atomic mass is 9.33. The van der Waals surface area contributed by atoms with Crippen LogP contribution in [0.3, 0.4) is 0 Å². The van der Waals surface area contributed by atoms with E-state index in [1.807, 2.05) is 0 Å². The molecule has 0 bridgehead atoms. The summed E-state index contributed by atoms with van der Waals surface area (Å²) in [4.78, 5) is 4.99. The average Bonchev–Trinajstić information content (AvgIpc) is 2.97. The predicted octanol–water partition coefficient (Wildman–Crippen LogP) is 6.82. The molecule has 8 rings (SSSR count). The van der Waals surface area contributed by atoms with E-state index in [9.17, 15) is 0 Å². The van der Waals surface area contributed by atoms with Gasteiger partial charge in [-0.15, -0.1) is 0 Å². The van der Waals surface area contributed by atoms with Crippen molar-refractivity contribution in [3.05, 3.63) is 133 Å².